The second-order valence-corrected chi connectivity index (χ2v) is 3.67. The molecule has 16 heavy (non-hydrogen) atoms. The molecule has 0 atom stereocenters. The number of carbonyl (C=O) groups is 1. The fraction of sp³-hybridized carbons (Fsp3) is 0.364. The third-order valence-corrected chi connectivity index (χ3v) is 2.52. The Kier molecular flexibility index (Phi) is 2.78. The fourth-order valence-electron chi connectivity index (χ4n) is 1.56. The van der Waals surface area contributed by atoms with Crippen molar-refractivity contribution >= 4 is 11.7 Å². The first-order valence-corrected chi connectivity index (χ1v) is 4.87. The lowest BCUT2D eigenvalue weighted by molar-refractivity contribution is -0.161. The average molecular weight is 225 g/mol. The minimum absolute atomic E-state index is 0.188. The second-order valence-electron chi connectivity index (χ2n) is 3.67. The molecular weight excluding hydrogens is 213 g/mol. The van der Waals surface area contributed by atoms with Gasteiger partial charge in [0, 0.05) is 0 Å². The molecule has 1 fully saturated rings. The van der Waals surface area contributed by atoms with Crippen molar-refractivity contribution in [2.45, 2.75) is 5.54 Å². The zero-order valence-electron chi connectivity index (χ0n) is 8.83. The highest BCUT2D eigenvalue weighted by Crippen LogP contribution is 2.26. The first-order chi connectivity index (χ1) is 7.68. The van der Waals surface area contributed by atoms with Crippen molar-refractivity contribution < 1.29 is 18.7 Å². The van der Waals surface area contributed by atoms with Crippen LogP contribution in [0.15, 0.2) is 24.3 Å². The van der Waals surface area contributed by atoms with Crippen LogP contribution in [-0.4, -0.2) is 31.8 Å². The molecule has 0 spiro atoms. The summed E-state index contributed by atoms with van der Waals surface area (Å²) in [4.78, 5) is 11.5. The molecule has 0 aliphatic carbocycles. The molecule has 1 aromatic rings. The third kappa shape index (κ3) is 1.74. The van der Waals surface area contributed by atoms with Gasteiger partial charge in [-0.05, 0) is 12.1 Å². The van der Waals surface area contributed by atoms with Crippen LogP contribution in [-0.2, 0) is 14.3 Å². The van der Waals surface area contributed by atoms with Crippen molar-refractivity contribution in [3.05, 3.63) is 30.1 Å². The van der Waals surface area contributed by atoms with Crippen molar-refractivity contribution in [1.29, 1.82) is 0 Å². The molecule has 4 nitrogen and oxygen atoms in total. The Morgan fingerprint density at radius 3 is 2.69 bits per heavy atom. The van der Waals surface area contributed by atoms with Gasteiger partial charge in [-0.25, -0.2) is 9.18 Å². The van der Waals surface area contributed by atoms with Crippen LogP contribution in [0, 0.1) is 5.82 Å². The largest absolute Gasteiger partial charge is 0.467 e. The first-order valence-electron chi connectivity index (χ1n) is 4.87. The molecule has 5 heteroatoms. The maximum atomic E-state index is 13.4. The maximum Gasteiger partial charge on any atom is 0.336 e. The van der Waals surface area contributed by atoms with E-state index in [1.165, 1.54) is 13.2 Å². The molecule has 86 valence electrons. The monoisotopic (exact) mass is 225 g/mol. The van der Waals surface area contributed by atoms with Gasteiger partial charge in [0.2, 0.25) is 0 Å². The molecule has 0 amide bonds. The Morgan fingerprint density at radius 1 is 1.50 bits per heavy atom. The average Bonchev–Trinajstić information content (AvgIpc) is 2.25. The Morgan fingerprint density at radius 2 is 2.19 bits per heavy atom. The number of hydrogen-bond acceptors (Lipinski definition) is 4. The number of halogens is 1. The van der Waals surface area contributed by atoms with E-state index >= 15 is 0 Å². The van der Waals surface area contributed by atoms with Crippen LogP contribution < -0.4 is 5.32 Å². The van der Waals surface area contributed by atoms with Crippen LogP contribution in [0.2, 0.25) is 0 Å². The van der Waals surface area contributed by atoms with Gasteiger partial charge in [0.1, 0.15) is 5.82 Å². The summed E-state index contributed by atoms with van der Waals surface area (Å²) in [6, 6.07) is 6.17. The number of para-hydroxylation sites is 1. The van der Waals surface area contributed by atoms with E-state index in [9.17, 15) is 9.18 Å². The summed E-state index contributed by atoms with van der Waals surface area (Å²) in [5.41, 5.74) is -0.673. The Bertz CT molecular complexity index is 404. The van der Waals surface area contributed by atoms with Gasteiger partial charge < -0.3 is 14.8 Å². The van der Waals surface area contributed by atoms with Gasteiger partial charge in [0.05, 0.1) is 26.0 Å². The summed E-state index contributed by atoms with van der Waals surface area (Å²) in [5.74, 6) is -0.848. The minimum Gasteiger partial charge on any atom is -0.467 e. The maximum absolute atomic E-state index is 13.4. The standard InChI is InChI=1S/C11H12FNO3/c1-15-10(14)11(6-16-7-11)13-9-5-3-2-4-8(9)12/h2-5,13H,6-7H2,1H3. The van der Waals surface area contributed by atoms with E-state index in [1.807, 2.05) is 0 Å². The van der Waals surface area contributed by atoms with E-state index in [4.69, 9.17) is 4.74 Å². The van der Waals surface area contributed by atoms with Crippen molar-refractivity contribution in [2.24, 2.45) is 0 Å². The highest BCUT2D eigenvalue weighted by molar-refractivity contribution is 5.86. The summed E-state index contributed by atoms with van der Waals surface area (Å²) >= 11 is 0. The second kappa shape index (κ2) is 4.09. The fourth-order valence-corrected chi connectivity index (χ4v) is 1.56. The molecule has 0 aromatic heterocycles. The van der Waals surface area contributed by atoms with Crippen LogP contribution in [0.1, 0.15) is 0 Å². The van der Waals surface area contributed by atoms with E-state index < -0.39 is 17.3 Å². The Balaban J connectivity index is 2.19. The van der Waals surface area contributed by atoms with Gasteiger partial charge >= 0.3 is 5.97 Å². The molecule has 0 saturated carbocycles. The van der Waals surface area contributed by atoms with Gasteiger partial charge in [0.25, 0.3) is 0 Å². The van der Waals surface area contributed by atoms with Crippen molar-refractivity contribution in [3.63, 3.8) is 0 Å². The first kappa shape index (κ1) is 10.9. The molecule has 0 radical (unpaired) electrons. The summed E-state index contributed by atoms with van der Waals surface area (Å²) in [6.07, 6.45) is 0. The summed E-state index contributed by atoms with van der Waals surface area (Å²) in [7, 11) is 1.30. The van der Waals surface area contributed by atoms with E-state index in [0.29, 0.717) is 0 Å². The van der Waals surface area contributed by atoms with Crippen molar-refractivity contribution in [3.8, 4) is 0 Å². The van der Waals surface area contributed by atoms with Crippen molar-refractivity contribution in [2.75, 3.05) is 25.6 Å². The zero-order valence-corrected chi connectivity index (χ0v) is 8.83. The quantitative estimate of drug-likeness (QED) is 0.785. The highest BCUT2D eigenvalue weighted by atomic mass is 19.1. The number of methoxy groups -OCH3 is 1. The van der Waals surface area contributed by atoms with Gasteiger partial charge in [-0.2, -0.15) is 0 Å². The lowest BCUT2D eigenvalue weighted by atomic mass is 9.97. The molecule has 2 rings (SSSR count). The smallest absolute Gasteiger partial charge is 0.336 e. The topological polar surface area (TPSA) is 47.6 Å². The lowest BCUT2D eigenvalue weighted by Gasteiger charge is -2.39. The van der Waals surface area contributed by atoms with Gasteiger partial charge in [-0.1, -0.05) is 12.1 Å². The number of anilines is 1. The number of carbonyl (C=O) groups excluding carboxylic acids is 1. The zero-order chi connectivity index (χ0) is 11.6. The number of benzene rings is 1. The van der Waals surface area contributed by atoms with Crippen LogP contribution in [0.5, 0.6) is 0 Å². The molecular formula is C11H12FNO3. The van der Waals surface area contributed by atoms with Gasteiger partial charge in [-0.3, -0.25) is 0 Å². The molecule has 0 bridgehead atoms. The molecule has 1 N–H and O–H groups in total. The van der Waals surface area contributed by atoms with Crippen LogP contribution in [0.25, 0.3) is 0 Å². The predicted octanol–water partition coefficient (Wildman–Crippen LogP) is 1.18. The molecule has 1 aliphatic rings. The number of rotatable bonds is 3. The van der Waals surface area contributed by atoms with Crippen LogP contribution >= 0.6 is 0 Å². The molecule has 1 saturated heterocycles. The number of hydrogen-bond donors (Lipinski definition) is 1. The summed E-state index contributed by atoms with van der Waals surface area (Å²) < 4.78 is 23.0. The normalized spacial score (nSPS) is 17.4. The van der Waals surface area contributed by atoms with Gasteiger partial charge in [-0.15, -0.1) is 0 Å². The number of esters is 1. The third-order valence-electron chi connectivity index (χ3n) is 2.52. The highest BCUT2D eigenvalue weighted by Gasteiger charge is 2.47. The SMILES string of the molecule is COC(=O)C1(Nc2ccccc2F)COC1. The minimum atomic E-state index is -0.947. The van der Waals surface area contributed by atoms with Crippen LogP contribution in [0.3, 0.4) is 0 Å². The van der Waals surface area contributed by atoms with E-state index in [-0.39, 0.29) is 18.9 Å². The number of nitrogens with one attached hydrogen (secondary N) is 1. The molecule has 1 aromatic carbocycles. The van der Waals surface area contributed by atoms with Gasteiger partial charge in [0.15, 0.2) is 5.54 Å². The van der Waals surface area contributed by atoms with E-state index in [1.54, 1.807) is 18.2 Å². The molecule has 0 unspecified atom stereocenters. The van der Waals surface area contributed by atoms with Crippen LogP contribution in [0.4, 0.5) is 10.1 Å². The van der Waals surface area contributed by atoms with Crippen molar-refractivity contribution in [1.82, 2.24) is 0 Å². The lowest BCUT2D eigenvalue weighted by Crippen LogP contribution is -2.62. The Labute approximate surface area is 92.4 Å². The summed E-state index contributed by atoms with van der Waals surface area (Å²) in [6.45, 7) is 0.377. The van der Waals surface area contributed by atoms with E-state index in [2.05, 4.69) is 10.1 Å². The van der Waals surface area contributed by atoms with E-state index in [0.717, 1.165) is 0 Å². The molecule has 1 heterocycles. The summed E-state index contributed by atoms with van der Waals surface area (Å²) in [5, 5.41) is 2.84. The Hall–Kier alpha value is -1.62. The molecule has 1 aliphatic heterocycles. The number of ether oxygens (including phenoxy) is 2. The predicted molar refractivity (Wildman–Crippen MR) is 55.6 cm³/mol.